The highest BCUT2D eigenvalue weighted by molar-refractivity contribution is 14.0. The molecule has 0 aliphatic heterocycles. The summed E-state index contributed by atoms with van der Waals surface area (Å²) in [6.45, 7) is 9.34. The van der Waals surface area contributed by atoms with Gasteiger partial charge in [-0.05, 0) is 51.0 Å². The van der Waals surface area contributed by atoms with E-state index in [0.29, 0.717) is 17.7 Å². The smallest absolute Gasteiger partial charge is 0.287 e. The summed E-state index contributed by atoms with van der Waals surface area (Å²) < 4.78 is 5.20. The minimum absolute atomic E-state index is 0. The lowest BCUT2D eigenvalue weighted by molar-refractivity contribution is 0.0925. The van der Waals surface area contributed by atoms with E-state index >= 15 is 0 Å². The van der Waals surface area contributed by atoms with Crippen molar-refractivity contribution in [2.75, 3.05) is 26.2 Å². The molecule has 0 bridgehead atoms. The Labute approximate surface area is 180 Å². The molecule has 1 aromatic rings. The maximum Gasteiger partial charge on any atom is 0.287 e. The lowest BCUT2D eigenvalue weighted by atomic mass is 9.84. The van der Waals surface area contributed by atoms with Gasteiger partial charge in [-0.3, -0.25) is 9.79 Å². The first-order chi connectivity index (χ1) is 12.6. The molecule has 0 radical (unpaired) electrons. The maximum absolute atomic E-state index is 12.0. The Morgan fingerprint density at radius 1 is 1.19 bits per heavy atom. The molecule has 1 saturated carbocycles. The van der Waals surface area contributed by atoms with E-state index in [4.69, 9.17) is 9.41 Å². The normalized spacial score (nSPS) is 15.9. The van der Waals surface area contributed by atoms with Crippen molar-refractivity contribution in [3.05, 3.63) is 23.7 Å². The Hall–Kier alpha value is -1.25. The van der Waals surface area contributed by atoms with E-state index in [1.807, 2.05) is 6.92 Å². The highest BCUT2D eigenvalue weighted by Gasteiger charge is 2.31. The van der Waals surface area contributed by atoms with E-state index in [2.05, 4.69) is 29.8 Å². The van der Waals surface area contributed by atoms with Crippen molar-refractivity contribution in [2.45, 2.75) is 59.3 Å². The minimum Gasteiger partial charge on any atom is -0.459 e. The van der Waals surface area contributed by atoms with Crippen LogP contribution in [0, 0.1) is 12.3 Å². The third-order valence-electron chi connectivity index (χ3n) is 5.33. The van der Waals surface area contributed by atoms with Crippen LogP contribution in [0.15, 0.2) is 21.7 Å². The fourth-order valence-corrected chi connectivity index (χ4v) is 3.52. The molecule has 2 rings (SSSR count). The molecule has 1 aliphatic carbocycles. The Morgan fingerprint density at radius 2 is 1.89 bits per heavy atom. The molecule has 0 atom stereocenters. The third kappa shape index (κ3) is 7.35. The molecule has 1 fully saturated rings. The number of hydrogen-bond acceptors (Lipinski definition) is 3. The predicted octanol–water partition coefficient (Wildman–Crippen LogP) is 3.85. The molecule has 1 heterocycles. The van der Waals surface area contributed by atoms with Crippen LogP contribution in [0.1, 0.15) is 68.5 Å². The molecule has 3 N–H and O–H groups in total. The zero-order chi connectivity index (χ0) is 18.8. The fourth-order valence-electron chi connectivity index (χ4n) is 3.52. The molecular formula is C20H35IN4O2. The summed E-state index contributed by atoms with van der Waals surface area (Å²) in [7, 11) is 0. The molecule has 7 heteroatoms. The quantitative estimate of drug-likeness (QED) is 0.213. The van der Waals surface area contributed by atoms with Crippen molar-refractivity contribution in [2.24, 2.45) is 10.4 Å². The van der Waals surface area contributed by atoms with Gasteiger partial charge in [0, 0.05) is 31.7 Å². The van der Waals surface area contributed by atoms with Crippen LogP contribution in [-0.4, -0.2) is 38.0 Å². The lowest BCUT2D eigenvalue weighted by Gasteiger charge is -2.25. The maximum atomic E-state index is 12.0. The summed E-state index contributed by atoms with van der Waals surface area (Å²) in [4.78, 5) is 16.8. The summed E-state index contributed by atoms with van der Waals surface area (Å²) in [6, 6.07) is 1.79. The highest BCUT2D eigenvalue weighted by Crippen LogP contribution is 2.41. The van der Waals surface area contributed by atoms with Gasteiger partial charge in [-0.25, -0.2) is 0 Å². The molecule has 154 valence electrons. The number of aliphatic imine (C=N–C) groups is 1. The van der Waals surface area contributed by atoms with E-state index in [9.17, 15) is 4.79 Å². The zero-order valence-electron chi connectivity index (χ0n) is 16.9. The van der Waals surface area contributed by atoms with Gasteiger partial charge in [0.2, 0.25) is 0 Å². The molecule has 0 saturated heterocycles. The number of carbonyl (C=O) groups excluding carboxylic acids is 1. The largest absolute Gasteiger partial charge is 0.459 e. The van der Waals surface area contributed by atoms with Gasteiger partial charge in [-0.15, -0.1) is 24.0 Å². The number of amides is 1. The van der Waals surface area contributed by atoms with Gasteiger partial charge in [0.1, 0.15) is 0 Å². The molecule has 0 aromatic carbocycles. The van der Waals surface area contributed by atoms with Crippen molar-refractivity contribution in [1.82, 2.24) is 16.0 Å². The standard InChI is InChI=1S/C20H34N4O2.HI/c1-4-20(10-6-7-11-20)15-24-19(21-5-2)23-13-8-12-22-18(25)17-16(3)9-14-26-17;/h9,14H,4-8,10-13,15H2,1-3H3,(H,22,25)(H2,21,23,24);1H. The number of nitrogens with one attached hydrogen (secondary N) is 3. The molecule has 1 aliphatic rings. The Balaban J connectivity index is 0.00000364. The van der Waals surface area contributed by atoms with Crippen LogP contribution in [0.5, 0.6) is 0 Å². The van der Waals surface area contributed by atoms with Gasteiger partial charge in [0.05, 0.1) is 6.26 Å². The van der Waals surface area contributed by atoms with Crippen LogP contribution in [0.25, 0.3) is 0 Å². The van der Waals surface area contributed by atoms with E-state index in [1.54, 1.807) is 12.3 Å². The van der Waals surface area contributed by atoms with Gasteiger partial charge in [-0.1, -0.05) is 19.8 Å². The van der Waals surface area contributed by atoms with Crippen molar-refractivity contribution in [3.63, 3.8) is 0 Å². The van der Waals surface area contributed by atoms with Crippen molar-refractivity contribution < 1.29 is 9.21 Å². The number of carbonyl (C=O) groups is 1. The molecular weight excluding hydrogens is 455 g/mol. The van der Waals surface area contributed by atoms with Gasteiger partial charge in [-0.2, -0.15) is 0 Å². The third-order valence-corrected chi connectivity index (χ3v) is 5.33. The number of halogens is 1. The summed E-state index contributed by atoms with van der Waals surface area (Å²) >= 11 is 0. The van der Waals surface area contributed by atoms with Crippen LogP contribution in [0.3, 0.4) is 0 Å². The van der Waals surface area contributed by atoms with Crippen LogP contribution < -0.4 is 16.0 Å². The monoisotopic (exact) mass is 490 g/mol. The fraction of sp³-hybridized carbons (Fsp3) is 0.700. The first-order valence-corrected chi connectivity index (χ1v) is 9.94. The van der Waals surface area contributed by atoms with Crippen molar-refractivity contribution in [3.8, 4) is 0 Å². The summed E-state index contributed by atoms with van der Waals surface area (Å²) in [6.07, 6.45) is 8.83. The van der Waals surface area contributed by atoms with Crippen LogP contribution in [0.4, 0.5) is 0 Å². The number of nitrogens with zero attached hydrogens (tertiary/aromatic N) is 1. The van der Waals surface area contributed by atoms with Gasteiger partial charge >= 0.3 is 0 Å². The Bertz CT molecular complexity index is 595. The first kappa shape index (κ1) is 23.8. The van der Waals surface area contributed by atoms with Gasteiger partial charge < -0.3 is 20.4 Å². The number of furan rings is 1. The van der Waals surface area contributed by atoms with E-state index in [0.717, 1.165) is 37.6 Å². The average Bonchev–Trinajstić information content (AvgIpc) is 3.28. The van der Waals surface area contributed by atoms with Crippen LogP contribution in [-0.2, 0) is 0 Å². The predicted molar refractivity (Wildman–Crippen MR) is 121 cm³/mol. The highest BCUT2D eigenvalue weighted by atomic mass is 127. The van der Waals surface area contributed by atoms with E-state index in [-0.39, 0.29) is 29.9 Å². The van der Waals surface area contributed by atoms with Crippen molar-refractivity contribution >= 4 is 35.8 Å². The minimum atomic E-state index is -0.154. The zero-order valence-corrected chi connectivity index (χ0v) is 19.2. The molecule has 1 aromatic heterocycles. The SMILES string of the molecule is CCNC(=NCC1(CC)CCCC1)NCCCNC(=O)c1occc1C.I. The number of aryl methyl sites for hydroxylation is 1. The topological polar surface area (TPSA) is 78.7 Å². The molecule has 6 nitrogen and oxygen atoms in total. The Morgan fingerprint density at radius 3 is 2.48 bits per heavy atom. The molecule has 1 amide bonds. The summed E-state index contributed by atoms with van der Waals surface area (Å²) in [5.41, 5.74) is 1.26. The van der Waals surface area contributed by atoms with Gasteiger partial charge in [0.15, 0.2) is 11.7 Å². The second-order valence-electron chi connectivity index (χ2n) is 7.22. The average molecular weight is 490 g/mol. The number of hydrogen-bond donors (Lipinski definition) is 3. The molecule has 0 spiro atoms. The van der Waals surface area contributed by atoms with E-state index < -0.39 is 0 Å². The second-order valence-corrected chi connectivity index (χ2v) is 7.22. The number of rotatable bonds is 9. The van der Waals surface area contributed by atoms with Crippen LogP contribution in [0.2, 0.25) is 0 Å². The van der Waals surface area contributed by atoms with E-state index in [1.165, 1.54) is 32.1 Å². The summed E-state index contributed by atoms with van der Waals surface area (Å²) in [5, 5.41) is 9.57. The number of guanidine groups is 1. The summed E-state index contributed by atoms with van der Waals surface area (Å²) in [5.74, 6) is 1.12. The first-order valence-electron chi connectivity index (χ1n) is 9.94. The second kappa shape index (κ2) is 12.3. The Kier molecular flexibility index (Phi) is 10.8. The molecule has 0 unspecified atom stereocenters. The van der Waals surface area contributed by atoms with Crippen LogP contribution >= 0.6 is 24.0 Å². The molecule has 27 heavy (non-hydrogen) atoms. The van der Waals surface area contributed by atoms with Crippen molar-refractivity contribution in [1.29, 1.82) is 0 Å². The lowest BCUT2D eigenvalue weighted by Crippen LogP contribution is -2.39. The van der Waals surface area contributed by atoms with Gasteiger partial charge in [0.25, 0.3) is 5.91 Å².